The van der Waals surface area contributed by atoms with Gasteiger partial charge in [-0.2, -0.15) is 0 Å². The standard InChI is InChI=1S/C18H31NO/c1-5-7-8-9-10-17(19-13-6-2)16-11-12-18(20-4)15(3)14-16/h11-12,14,17,19H,5-10,13H2,1-4H3. The van der Waals surface area contributed by atoms with Crippen molar-refractivity contribution in [2.75, 3.05) is 13.7 Å². The molecular formula is C18H31NO. The zero-order valence-electron chi connectivity index (χ0n) is 13.7. The van der Waals surface area contributed by atoms with Crippen LogP contribution in [0.5, 0.6) is 5.75 Å². The Morgan fingerprint density at radius 1 is 1.10 bits per heavy atom. The van der Waals surface area contributed by atoms with Crippen LogP contribution in [0.2, 0.25) is 0 Å². The summed E-state index contributed by atoms with van der Waals surface area (Å²) in [6, 6.07) is 7.05. The van der Waals surface area contributed by atoms with Gasteiger partial charge >= 0.3 is 0 Å². The molecule has 1 unspecified atom stereocenters. The number of hydrogen-bond donors (Lipinski definition) is 1. The summed E-state index contributed by atoms with van der Waals surface area (Å²) < 4.78 is 5.35. The van der Waals surface area contributed by atoms with Gasteiger partial charge in [-0.15, -0.1) is 0 Å². The average molecular weight is 277 g/mol. The third-order valence-corrected chi connectivity index (χ3v) is 3.81. The smallest absolute Gasteiger partial charge is 0.121 e. The first-order valence-electron chi connectivity index (χ1n) is 8.10. The maximum absolute atomic E-state index is 5.35. The third-order valence-electron chi connectivity index (χ3n) is 3.81. The Morgan fingerprint density at radius 2 is 1.90 bits per heavy atom. The lowest BCUT2D eigenvalue weighted by molar-refractivity contribution is 0.410. The fourth-order valence-electron chi connectivity index (χ4n) is 2.60. The summed E-state index contributed by atoms with van der Waals surface area (Å²) in [6.45, 7) is 7.69. The molecule has 0 fully saturated rings. The third kappa shape index (κ3) is 5.54. The number of rotatable bonds is 10. The van der Waals surface area contributed by atoms with Crippen molar-refractivity contribution in [3.63, 3.8) is 0 Å². The molecule has 0 radical (unpaired) electrons. The van der Waals surface area contributed by atoms with Crippen LogP contribution in [0.4, 0.5) is 0 Å². The number of aryl methyl sites for hydroxylation is 1. The zero-order chi connectivity index (χ0) is 14.8. The Morgan fingerprint density at radius 3 is 2.50 bits per heavy atom. The molecule has 0 amide bonds. The van der Waals surface area contributed by atoms with Gasteiger partial charge in [-0.1, -0.05) is 51.7 Å². The molecule has 1 N–H and O–H groups in total. The van der Waals surface area contributed by atoms with E-state index in [1.54, 1.807) is 7.11 Å². The SMILES string of the molecule is CCCCCCC(NCCC)c1ccc(OC)c(C)c1. The number of hydrogen-bond acceptors (Lipinski definition) is 2. The molecule has 2 nitrogen and oxygen atoms in total. The fourth-order valence-corrected chi connectivity index (χ4v) is 2.60. The summed E-state index contributed by atoms with van der Waals surface area (Å²) in [5.74, 6) is 0.981. The average Bonchev–Trinajstić information content (AvgIpc) is 2.46. The second-order valence-electron chi connectivity index (χ2n) is 5.59. The van der Waals surface area contributed by atoms with E-state index in [2.05, 4.69) is 44.3 Å². The highest BCUT2D eigenvalue weighted by molar-refractivity contribution is 5.37. The van der Waals surface area contributed by atoms with Crippen molar-refractivity contribution in [2.24, 2.45) is 0 Å². The highest BCUT2D eigenvalue weighted by Gasteiger charge is 2.11. The van der Waals surface area contributed by atoms with Crippen molar-refractivity contribution in [3.8, 4) is 5.75 Å². The quantitative estimate of drug-likeness (QED) is 0.607. The van der Waals surface area contributed by atoms with E-state index in [-0.39, 0.29) is 0 Å². The topological polar surface area (TPSA) is 21.3 Å². The Balaban J connectivity index is 2.68. The molecule has 0 heterocycles. The highest BCUT2D eigenvalue weighted by Crippen LogP contribution is 2.25. The minimum absolute atomic E-state index is 0.483. The largest absolute Gasteiger partial charge is 0.496 e. The molecule has 1 aromatic rings. The van der Waals surface area contributed by atoms with Crippen LogP contribution in [0.3, 0.4) is 0 Å². The molecule has 0 aliphatic carbocycles. The molecule has 0 spiro atoms. The normalized spacial score (nSPS) is 12.4. The van der Waals surface area contributed by atoms with E-state index in [1.807, 2.05) is 0 Å². The lowest BCUT2D eigenvalue weighted by Gasteiger charge is -2.20. The van der Waals surface area contributed by atoms with Gasteiger partial charge in [-0.05, 0) is 43.5 Å². The Labute approximate surface area is 124 Å². The minimum atomic E-state index is 0.483. The maximum Gasteiger partial charge on any atom is 0.121 e. The summed E-state index contributed by atoms with van der Waals surface area (Å²) in [5, 5.41) is 3.69. The van der Waals surface area contributed by atoms with E-state index in [0.29, 0.717) is 6.04 Å². The minimum Gasteiger partial charge on any atom is -0.496 e. The monoisotopic (exact) mass is 277 g/mol. The first-order valence-corrected chi connectivity index (χ1v) is 8.10. The lowest BCUT2D eigenvalue weighted by atomic mass is 9.98. The van der Waals surface area contributed by atoms with Crippen LogP contribution in [-0.2, 0) is 0 Å². The van der Waals surface area contributed by atoms with Gasteiger partial charge in [0.05, 0.1) is 7.11 Å². The van der Waals surface area contributed by atoms with Crippen molar-refractivity contribution in [3.05, 3.63) is 29.3 Å². The first-order chi connectivity index (χ1) is 9.72. The molecule has 0 saturated heterocycles. The fraction of sp³-hybridized carbons (Fsp3) is 0.667. The molecule has 1 atom stereocenters. The van der Waals surface area contributed by atoms with Crippen LogP contribution < -0.4 is 10.1 Å². The molecule has 0 aromatic heterocycles. The molecule has 114 valence electrons. The van der Waals surface area contributed by atoms with E-state index < -0.39 is 0 Å². The number of nitrogens with one attached hydrogen (secondary N) is 1. The van der Waals surface area contributed by atoms with Gasteiger partial charge in [0.1, 0.15) is 5.75 Å². The second-order valence-corrected chi connectivity index (χ2v) is 5.59. The second kappa shape index (κ2) is 9.82. The van der Waals surface area contributed by atoms with Gasteiger partial charge in [0.2, 0.25) is 0 Å². The van der Waals surface area contributed by atoms with Gasteiger partial charge in [-0.25, -0.2) is 0 Å². The predicted octanol–water partition coefficient (Wildman–Crippen LogP) is 5.01. The predicted molar refractivity (Wildman–Crippen MR) is 87.5 cm³/mol. The Kier molecular flexibility index (Phi) is 8.36. The number of methoxy groups -OCH3 is 1. The van der Waals surface area contributed by atoms with Crippen LogP contribution in [0.25, 0.3) is 0 Å². The zero-order valence-corrected chi connectivity index (χ0v) is 13.7. The summed E-state index contributed by atoms with van der Waals surface area (Å²) in [6.07, 6.45) is 7.71. The van der Waals surface area contributed by atoms with Gasteiger partial charge in [0.25, 0.3) is 0 Å². The molecule has 1 rings (SSSR count). The van der Waals surface area contributed by atoms with Crippen LogP contribution in [0.1, 0.15) is 69.5 Å². The van der Waals surface area contributed by atoms with Gasteiger partial charge < -0.3 is 10.1 Å². The van der Waals surface area contributed by atoms with Gasteiger partial charge in [0.15, 0.2) is 0 Å². The number of benzene rings is 1. The Hall–Kier alpha value is -1.02. The molecule has 20 heavy (non-hydrogen) atoms. The van der Waals surface area contributed by atoms with Crippen molar-refractivity contribution < 1.29 is 4.74 Å². The number of unbranched alkanes of at least 4 members (excludes halogenated alkanes) is 3. The van der Waals surface area contributed by atoms with Crippen molar-refractivity contribution in [1.82, 2.24) is 5.32 Å². The van der Waals surface area contributed by atoms with E-state index in [0.717, 1.165) is 12.3 Å². The van der Waals surface area contributed by atoms with E-state index >= 15 is 0 Å². The van der Waals surface area contributed by atoms with E-state index in [1.165, 1.54) is 49.7 Å². The van der Waals surface area contributed by atoms with Crippen LogP contribution in [0, 0.1) is 6.92 Å². The van der Waals surface area contributed by atoms with Crippen molar-refractivity contribution in [2.45, 2.75) is 65.3 Å². The van der Waals surface area contributed by atoms with Crippen LogP contribution in [-0.4, -0.2) is 13.7 Å². The van der Waals surface area contributed by atoms with Gasteiger partial charge in [0, 0.05) is 6.04 Å². The van der Waals surface area contributed by atoms with Crippen LogP contribution in [0.15, 0.2) is 18.2 Å². The van der Waals surface area contributed by atoms with Gasteiger partial charge in [-0.3, -0.25) is 0 Å². The summed E-state index contributed by atoms with van der Waals surface area (Å²) >= 11 is 0. The highest BCUT2D eigenvalue weighted by atomic mass is 16.5. The summed E-state index contributed by atoms with van der Waals surface area (Å²) in [5.41, 5.74) is 2.62. The van der Waals surface area contributed by atoms with E-state index in [4.69, 9.17) is 4.74 Å². The van der Waals surface area contributed by atoms with Crippen molar-refractivity contribution in [1.29, 1.82) is 0 Å². The molecule has 0 bridgehead atoms. The number of ether oxygens (including phenoxy) is 1. The van der Waals surface area contributed by atoms with Crippen LogP contribution >= 0.6 is 0 Å². The van der Waals surface area contributed by atoms with E-state index in [9.17, 15) is 0 Å². The molecule has 2 heteroatoms. The molecular weight excluding hydrogens is 246 g/mol. The first kappa shape index (κ1) is 17.0. The Bertz CT molecular complexity index is 376. The summed E-state index contributed by atoms with van der Waals surface area (Å²) in [7, 11) is 1.74. The maximum atomic E-state index is 5.35. The molecule has 0 aliphatic heterocycles. The van der Waals surface area contributed by atoms with Crippen molar-refractivity contribution >= 4 is 0 Å². The summed E-state index contributed by atoms with van der Waals surface area (Å²) in [4.78, 5) is 0. The lowest BCUT2D eigenvalue weighted by Crippen LogP contribution is -2.22. The molecule has 1 aromatic carbocycles. The molecule has 0 aliphatic rings. The molecule has 0 saturated carbocycles.